The highest BCUT2D eigenvalue weighted by molar-refractivity contribution is 5.34. The van der Waals surface area contributed by atoms with E-state index in [1.54, 1.807) is 6.07 Å². The highest BCUT2D eigenvalue weighted by atomic mass is 19.1. The van der Waals surface area contributed by atoms with Gasteiger partial charge in [-0.05, 0) is 28.5 Å². The van der Waals surface area contributed by atoms with Crippen molar-refractivity contribution in [1.82, 2.24) is 0 Å². The lowest BCUT2D eigenvalue weighted by Crippen LogP contribution is -2.18. The third-order valence-electron chi connectivity index (χ3n) is 2.46. The van der Waals surface area contributed by atoms with Gasteiger partial charge in [0.25, 0.3) is 0 Å². The highest BCUT2D eigenvalue weighted by Crippen LogP contribution is 2.28. The van der Waals surface area contributed by atoms with Gasteiger partial charge in [0.05, 0.1) is 6.61 Å². The van der Waals surface area contributed by atoms with Gasteiger partial charge >= 0.3 is 0 Å². The fourth-order valence-electron chi connectivity index (χ4n) is 1.37. The first-order valence-corrected chi connectivity index (χ1v) is 6.02. The van der Waals surface area contributed by atoms with Crippen molar-refractivity contribution in [3.8, 4) is 5.75 Å². The number of rotatable bonds is 2. The average Bonchev–Trinajstić information content (AvgIpc) is 2.13. The van der Waals surface area contributed by atoms with Gasteiger partial charge in [0, 0.05) is 0 Å². The Bertz CT molecular complexity index is 383. The molecule has 0 bridgehead atoms. The van der Waals surface area contributed by atoms with E-state index in [1.165, 1.54) is 6.07 Å². The van der Waals surface area contributed by atoms with Gasteiger partial charge in [-0.15, -0.1) is 0 Å². The first-order chi connectivity index (χ1) is 7.59. The van der Waals surface area contributed by atoms with Gasteiger partial charge in [-0.2, -0.15) is 0 Å². The molecule has 0 atom stereocenters. The molecule has 0 N–H and O–H groups in total. The van der Waals surface area contributed by atoms with Gasteiger partial charge in [-0.25, -0.2) is 4.39 Å². The second-order valence-electron chi connectivity index (χ2n) is 6.74. The number of halogens is 1. The van der Waals surface area contributed by atoms with E-state index >= 15 is 0 Å². The van der Waals surface area contributed by atoms with Crippen LogP contribution in [-0.4, -0.2) is 6.61 Å². The minimum atomic E-state index is -0.290. The Balaban J connectivity index is 2.92. The van der Waals surface area contributed by atoms with E-state index in [0.717, 1.165) is 5.56 Å². The van der Waals surface area contributed by atoms with E-state index in [1.807, 2.05) is 6.07 Å². The quantitative estimate of drug-likeness (QED) is 0.734. The van der Waals surface area contributed by atoms with Crippen LogP contribution in [0, 0.1) is 11.2 Å². The molecule has 0 spiro atoms. The Morgan fingerprint density at radius 2 is 1.65 bits per heavy atom. The molecular formula is C15H23FO. The van der Waals surface area contributed by atoms with Gasteiger partial charge in [0.15, 0.2) is 11.6 Å². The molecule has 0 aliphatic rings. The van der Waals surface area contributed by atoms with Crippen molar-refractivity contribution in [2.24, 2.45) is 5.41 Å². The van der Waals surface area contributed by atoms with Crippen molar-refractivity contribution >= 4 is 0 Å². The van der Waals surface area contributed by atoms with Crippen LogP contribution in [0.4, 0.5) is 4.39 Å². The van der Waals surface area contributed by atoms with E-state index in [9.17, 15) is 4.39 Å². The normalized spacial score (nSPS) is 12.6. The molecule has 0 aromatic heterocycles. The minimum Gasteiger partial charge on any atom is -0.490 e. The Morgan fingerprint density at radius 1 is 1.06 bits per heavy atom. The zero-order valence-corrected chi connectivity index (χ0v) is 11.7. The predicted octanol–water partition coefficient (Wildman–Crippen LogP) is 4.55. The molecule has 0 saturated carbocycles. The highest BCUT2D eigenvalue weighted by Gasteiger charge is 2.18. The van der Waals surface area contributed by atoms with Gasteiger partial charge < -0.3 is 4.74 Å². The van der Waals surface area contributed by atoms with Crippen LogP contribution in [0.1, 0.15) is 47.1 Å². The van der Waals surface area contributed by atoms with Crippen LogP contribution in [0.3, 0.4) is 0 Å². The third-order valence-corrected chi connectivity index (χ3v) is 2.46. The van der Waals surface area contributed by atoms with E-state index in [-0.39, 0.29) is 16.6 Å². The predicted molar refractivity (Wildman–Crippen MR) is 70.1 cm³/mol. The van der Waals surface area contributed by atoms with Crippen LogP contribution >= 0.6 is 0 Å². The van der Waals surface area contributed by atoms with Crippen molar-refractivity contribution < 1.29 is 9.13 Å². The maximum atomic E-state index is 13.6. The maximum absolute atomic E-state index is 13.6. The molecule has 0 radical (unpaired) electrons. The monoisotopic (exact) mass is 238 g/mol. The molecule has 0 aliphatic heterocycles. The number of hydrogen-bond donors (Lipinski definition) is 0. The fraction of sp³-hybridized carbons (Fsp3) is 0.600. The van der Waals surface area contributed by atoms with E-state index in [0.29, 0.717) is 12.4 Å². The molecule has 17 heavy (non-hydrogen) atoms. The Labute approximate surface area is 104 Å². The lowest BCUT2D eigenvalue weighted by atomic mass is 9.87. The molecule has 0 saturated heterocycles. The Kier molecular flexibility index (Phi) is 3.85. The molecule has 0 unspecified atom stereocenters. The zero-order valence-electron chi connectivity index (χ0n) is 11.7. The van der Waals surface area contributed by atoms with E-state index in [4.69, 9.17) is 4.74 Å². The standard InChI is InChI=1S/C15H23FO/c1-14(2,3)10-17-13-9-11(15(4,5)6)7-8-12(13)16/h7-9H,10H2,1-6H3. The smallest absolute Gasteiger partial charge is 0.165 e. The number of benzene rings is 1. The number of hydrogen-bond acceptors (Lipinski definition) is 1. The summed E-state index contributed by atoms with van der Waals surface area (Å²) in [7, 11) is 0. The van der Waals surface area contributed by atoms with Gasteiger partial charge in [0.1, 0.15) is 0 Å². The van der Waals surface area contributed by atoms with Crippen molar-refractivity contribution in [2.75, 3.05) is 6.61 Å². The molecule has 1 aromatic carbocycles. The molecule has 1 rings (SSSR count). The summed E-state index contributed by atoms with van der Waals surface area (Å²) in [6, 6.07) is 5.11. The largest absolute Gasteiger partial charge is 0.490 e. The maximum Gasteiger partial charge on any atom is 0.165 e. The summed E-state index contributed by atoms with van der Waals surface area (Å²) in [5.41, 5.74) is 1.13. The molecule has 1 nitrogen and oxygen atoms in total. The average molecular weight is 238 g/mol. The topological polar surface area (TPSA) is 9.23 Å². The second kappa shape index (κ2) is 4.67. The summed E-state index contributed by atoms with van der Waals surface area (Å²) in [6.45, 7) is 13.0. The summed E-state index contributed by atoms with van der Waals surface area (Å²) in [6.07, 6.45) is 0. The molecule has 0 heterocycles. The van der Waals surface area contributed by atoms with Crippen LogP contribution in [-0.2, 0) is 5.41 Å². The molecule has 1 aromatic rings. The van der Waals surface area contributed by atoms with E-state index in [2.05, 4.69) is 41.5 Å². The Morgan fingerprint density at radius 3 is 2.12 bits per heavy atom. The van der Waals surface area contributed by atoms with Gasteiger partial charge in [-0.3, -0.25) is 0 Å². The fourth-order valence-corrected chi connectivity index (χ4v) is 1.37. The minimum absolute atomic E-state index is 0.00748. The van der Waals surface area contributed by atoms with Crippen LogP contribution in [0.15, 0.2) is 18.2 Å². The lowest BCUT2D eigenvalue weighted by Gasteiger charge is -2.22. The second-order valence-corrected chi connectivity index (χ2v) is 6.74. The van der Waals surface area contributed by atoms with Crippen molar-refractivity contribution in [2.45, 2.75) is 47.0 Å². The summed E-state index contributed by atoms with van der Waals surface area (Å²) < 4.78 is 19.2. The SMILES string of the molecule is CC(C)(C)COc1cc(C(C)(C)C)ccc1F. The zero-order chi connectivity index (χ0) is 13.3. The molecule has 96 valence electrons. The molecule has 2 heteroatoms. The molecular weight excluding hydrogens is 215 g/mol. The van der Waals surface area contributed by atoms with Gasteiger partial charge in [0.2, 0.25) is 0 Å². The number of ether oxygens (including phenoxy) is 1. The summed E-state index contributed by atoms with van der Waals surface area (Å²) in [5, 5.41) is 0. The first kappa shape index (κ1) is 14.0. The molecule has 0 aliphatic carbocycles. The first-order valence-electron chi connectivity index (χ1n) is 6.02. The van der Waals surface area contributed by atoms with Crippen LogP contribution < -0.4 is 4.74 Å². The van der Waals surface area contributed by atoms with Crippen LogP contribution in [0.5, 0.6) is 5.75 Å². The van der Waals surface area contributed by atoms with Crippen LogP contribution in [0.25, 0.3) is 0 Å². The van der Waals surface area contributed by atoms with Crippen LogP contribution in [0.2, 0.25) is 0 Å². The van der Waals surface area contributed by atoms with Crippen molar-refractivity contribution in [3.63, 3.8) is 0 Å². The summed E-state index contributed by atoms with van der Waals surface area (Å²) in [5.74, 6) is 0.0644. The van der Waals surface area contributed by atoms with E-state index < -0.39 is 0 Å². The Hall–Kier alpha value is -1.05. The lowest BCUT2D eigenvalue weighted by molar-refractivity contribution is 0.191. The molecule has 0 amide bonds. The van der Waals surface area contributed by atoms with Crippen molar-refractivity contribution in [1.29, 1.82) is 0 Å². The van der Waals surface area contributed by atoms with Crippen molar-refractivity contribution in [3.05, 3.63) is 29.6 Å². The third kappa shape index (κ3) is 4.37. The van der Waals surface area contributed by atoms with Gasteiger partial charge in [-0.1, -0.05) is 47.6 Å². The summed E-state index contributed by atoms with van der Waals surface area (Å²) >= 11 is 0. The summed E-state index contributed by atoms with van der Waals surface area (Å²) in [4.78, 5) is 0. The molecule has 0 fully saturated rings.